The molecule has 13 rings (SSSR count). The van der Waals surface area contributed by atoms with E-state index in [0.717, 1.165) is 0 Å². The molecule has 12 bridgehead atoms. The predicted molar refractivity (Wildman–Crippen MR) is 202 cm³/mol. The minimum Gasteiger partial charge on any atom is -0.394 e. The SMILES string of the molecule is O=S1O[C@@H]2[C@@H](O)[C@H]3O[C@@H]4[C@H](O1)[C@@H](O)[C@@H](O[C@H]1[C@H](O)[C@@H](O)[C@@H](O[C@H]5[C@H](O)[C@@H](O)[C@@H](O[C@H]6[C@H](O)[C@@H](O)[C@@H](O[C@H]7[C@H](O)[C@@H](O)[C@@H](O[C@H]2[C@@H](CO)O3)O[C@@H]7CO)O[C@@H]6CO)O[C@@H]5CO)O[C@@H]1CO)O[C@@H]4CO. The molecule has 0 aromatic heterocycles. The first-order chi connectivity index (χ1) is 32.5. The zero-order chi connectivity index (χ0) is 49.0. The first-order valence-corrected chi connectivity index (χ1v) is 22.6. The van der Waals surface area contributed by atoms with Gasteiger partial charge in [-0.3, -0.25) is 8.37 Å². The average molecular weight is 1020 g/mol. The Bertz CT molecular complexity index is 1650. The van der Waals surface area contributed by atoms with Crippen LogP contribution in [0.1, 0.15) is 0 Å². The van der Waals surface area contributed by atoms with Gasteiger partial charge in [-0.1, -0.05) is 0 Å². The number of ether oxygens (including phenoxy) is 12. The molecule has 13 heterocycles. The fourth-order valence-electron chi connectivity index (χ4n) is 9.32. The zero-order valence-corrected chi connectivity index (χ0v) is 36.1. The highest BCUT2D eigenvalue weighted by atomic mass is 32.2. The van der Waals surface area contributed by atoms with Gasteiger partial charge in [0.25, 0.3) is 0 Å². The molecule has 68 heavy (non-hydrogen) atoms. The standard InChI is InChI=1S/C36H58O31S/c37-1-7-23-14(44)18(48)32(55-7)62-25-9(3-39)57-34(20(50)16(25)46)64-27-11(5-41)59-36-22(52)30(27)67-68(53)66-29-21(51)35(58-12(6-42)28(29)65-36)63-26-10(4-40)56-33(19(49)15(26)45)61-24-8(2-38)54-31(60-23)17(47)13(24)43/h7-52H,1-6H2/t7-,8-,9-,10-,11-,12-,13-,14-,15-,16-,17-,18-,19-,20-,21-,22-,23-,24-,25-,26-,27+,28+,29-,30-,31-,32-,33-,34-,35-,36-,68?/m1/s1. The maximum atomic E-state index is 13.6. The Kier molecular flexibility index (Phi) is 17.4. The Hall–Kier alpha value is -1.05. The lowest BCUT2D eigenvalue weighted by molar-refractivity contribution is -0.401. The minimum atomic E-state index is -3.06. The Morgan fingerprint density at radius 3 is 0.662 bits per heavy atom. The summed E-state index contributed by atoms with van der Waals surface area (Å²) in [5.41, 5.74) is 0. The first kappa shape index (κ1) is 53.2. The Morgan fingerprint density at radius 2 is 0.441 bits per heavy atom. The summed E-state index contributed by atoms with van der Waals surface area (Å²) in [6, 6.07) is 0. The quantitative estimate of drug-likeness (QED) is 0.117. The second kappa shape index (κ2) is 22.2. The van der Waals surface area contributed by atoms with Gasteiger partial charge in [0.1, 0.15) is 146 Å². The van der Waals surface area contributed by atoms with Crippen LogP contribution in [0.5, 0.6) is 0 Å². The second-order valence-corrected chi connectivity index (χ2v) is 18.0. The van der Waals surface area contributed by atoms with Gasteiger partial charge in [0.15, 0.2) is 37.7 Å². The molecular weight excluding hydrogens is 960 g/mol. The van der Waals surface area contributed by atoms with Crippen molar-refractivity contribution in [2.75, 3.05) is 39.6 Å². The van der Waals surface area contributed by atoms with Gasteiger partial charge in [0, 0.05) is 0 Å². The zero-order valence-electron chi connectivity index (χ0n) is 35.3. The molecule has 0 aromatic carbocycles. The van der Waals surface area contributed by atoms with E-state index in [2.05, 4.69) is 0 Å². The molecule has 394 valence electrons. The van der Waals surface area contributed by atoms with Crippen molar-refractivity contribution in [3.63, 3.8) is 0 Å². The Morgan fingerprint density at radius 1 is 0.250 bits per heavy atom. The van der Waals surface area contributed by atoms with Crippen LogP contribution in [-0.2, 0) is 76.6 Å². The van der Waals surface area contributed by atoms with Crippen LogP contribution in [0.4, 0.5) is 0 Å². The molecule has 0 amide bonds. The molecule has 1 unspecified atom stereocenters. The number of rotatable bonds is 6. The van der Waals surface area contributed by atoms with Crippen molar-refractivity contribution in [3.05, 3.63) is 0 Å². The Balaban J connectivity index is 1.14. The van der Waals surface area contributed by atoms with E-state index in [-0.39, 0.29) is 0 Å². The van der Waals surface area contributed by atoms with Gasteiger partial charge in [0.05, 0.1) is 39.6 Å². The fourth-order valence-corrected chi connectivity index (χ4v) is 10.2. The van der Waals surface area contributed by atoms with Crippen LogP contribution in [0.3, 0.4) is 0 Å². The third kappa shape index (κ3) is 10.0. The molecule has 31 nitrogen and oxygen atoms in total. The maximum absolute atomic E-state index is 13.6. The van der Waals surface area contributed by atoms with Crippen LogP contribution < -0.4 is 0 Å². The maximum Gasteiger partial charge on any atom is 0.305 e. The molecule has 13 aliphatic heterocycles. The van der Waals surface area contributed by atoms with Gasteiger partial charge in [0.2, 0.25) is 0 Å². The largest absolute Gasteiger partial charge is 0.394 e. The highest BCUT2D eigenvalue weighted by Gasteiger charge is 2.60. The molecule has 13 aliphatic rings. The van der Waals surface area contributed by atoms with Crippen LogP contribution in [0.2, 0.25) is 0 Å². The highest BCUT2D eigenvalue weighted by molar-refractivity contribution is 7.75. The third-order valence-electron chi connectivity index (χ3n) is 13.0. The number of aliphatic hydroxyl groups is 16. The van der Waals surface area contributed by atoms with E-state index < -0.39 is 235 Å². The molecule has 0 aliphatic carbocycles. The van der Waals surface area contributed by atoms with Crippen molar-refractivity contribution in [2.24, 2.45) is 0 Å². The summed E-state index contributed by atoms with van der Waals surface area (Å²) in [6.07, 6.45) is -58.0. The van der Waals surface area contributed by atoms with Crippen molar-refractivity contribution >= 4 is 11.4 Å². The summed E-state index contributed by atoms with van der Waals surface area (Å²) in [4.78, 5) is 0. The van der Waals surface area contributed by atoms with E-state index in [1.54, 1.807) is 0 Å². The van der Waals surface area contributed by atoms with Crippen LogP contribution in [0, 0.1) is 0 Å². The molecule has 13 saturated heterocycles. The summed E-state index contributed by atoms with van der Waals surface area (Å²) in [5, 5.41) is 175. The molecular formula is C36H58O31S. The predicted octanol–water partition coefficient (Wildman–Crippen LogP) is -12.4. The lowest BCUT2D eigenvalue weighted by Crippen LogP contribution is -2.69. The van der Waals surface area contributed by atoms with E-state index in [9.17, 15) is 85.9 Å². The smallest absolute Gasteiger partial charge is 0.305 e. The summed E-state index contributed by atoms with van der Waals surface area (Å²) < 4.78 is 93.7. The normalized spacial score (nSPS) is 56.0. The number of hydrogen-bond acceptors (Lipinski definition) is 31. The van der Waals surface area contributed by atoms with Crippen molar-refractivity contribution in [1.29, 1.82) is 0 Å². The van der Waals surface area contributed by atoms with Gasteiger partial charge in [-0.2, -0.15) is 4.21 Å². The molecule has 32 heteroatoms. The van der Waals surface area contributed by atoms with Gasteiger partial charge in [-0.15, -0.1) is 0 Å². The van der Waals surface area contributed by atoms with Crippen molar-refractivity contribution in [1.82, 2.24) is 0 Å². The molecule has 16 N–H and O–H groups in total. The van der Waals surface area contributed by atoms with E-state index in [4.69, 9.17) is 65.2 Å². The third-order valence-corrected chi connectivity index (χ3v) is 13.8. The summed E-state index contributed by atoms with van der Waals surface area (Å²) in [7, 11) is 0. The lowest BCUT2D eigenvalue weighted by Gasteiger charge is -2.50. The van der Waals surface area contributed by atoms with Crippen LogP contribution in [-0.4, -0.2) is 310 Å². The van der Waals surface area contributed by atoms with Crippen molar-refractivity contribution in [2.45, 2.75) is 184 Å². The summed E-state index contributed by atoms with van der Waals surface area (Å²) in [6.45, 7) is -5.98. The number of aliphatic hydroxyl groups excluding tert-OH is 16. The van der Waals surface area contributed by atoms with Gasteiger partial charge in [-0.25, -0.2) is 0 Å². The van der Waals surface area contributed by atoms with E-state index in [0.29, 0.717) is 0 Å². The van der Waals surface area contributed by atoms with E-state index >= 15 is 0 Å². The minimum absolute atomic E-state index is 0.974. The monoisotopic (exact) mass is 1020 g/mol. The molecule has 13 fully saturated rings. The van der Waals surface area contributed by atoms with E-state index in [1.165, 1.54) is 0 Å². The Labute approximate surface area is 386 Å². The van der Waals surface area contributed by atoms with Crippen molar-refractivity contribution in [3.8, 4) is 0 Å². The molecule has 31 atom stereocenters. The summed E-state index contributed by atoms with van der Waals surface area (Å²) >= 11 is -3.06. The van der Waals surface area contributed by atoms with Crippen molar-refractivity contribution < 1.29 is 151 Å². The molecule has 0 saturated carbocycles. The average Bonchev–Trinajstić information content (AvgIpc) is 3.36. The second-order valence-electron chi connectivity index (χ2n) is 17.2. The molecule has 0 radical (unpaired) electrons. The highest BCUT2D eigenvalue weighted by Crippen LogP contribution is 2.40. The first-order valence-electron chi connectivity index (χ1n) is 21.6. The van der Waals surface area contributed by atoms with Gasteiger partial charge >= 0.3 is 11.4 Å². The molecule has 0 aromatic rings. The number of fused-ring (bicyclic) bond motifs is 3. The fraction of sp³-hybridized carbons (Fsp3) is 1.00. The lowest BCUT2D eigenvalue weighted by atomic mass is 9.94. The molecule has 0 spiro atoms. The van der Waals surface area contributed by atoms with E-state index in [1.807, 2.05) is 0 Å². The van der Waals surface area contributed by atoms with Crippen LogP contribution >= 0.6 is 0 Å². The van der Waals surface area contributed by atoms with Gasteiger partial charge in [-0.05, 0) is 0 Å². The van der Waals surface area contributed by atoms with Gasteiger partial charge < -0.3 is 139 Å². The summed E-state index contributed by atoms with van der Waals surface area (Å²) in [5.74, 6) is 0. The van der Waals surface area contributed by atoms with Crippen LogP contribution in [0.15, 0.2) is 0 Å². The number of hydrogen-bond donors (Lipinski definition) is 16. The van der Waals surface area contributed by atoms with Crippen LogP contribution in [0.25, 0.3) is 0 Å². The topological polar surface area (TPSA) is 470 Å².